The summed E-state index contributed by atoms with van der Waals surface area (Å²) in [5.41, 5.74) is 1.75. The van der Waals surface area contributed by atoms with Gasteiger partial charge in [-0.2, -0.15) is 0 Å². The second-order valence-electron chi connectivity index (χ2n) is 5.09. The van der Waals surface area contributed by atoms with Crippen LogP contribution in [0, 0.1) is 0 Å². The van der Waals surface area contributed by atoms with Crippen LogP contribution in [-0.2, 0) is 6.54 Å². The highest BCUT2D eigenvalue weighted by Gasteiger charge is 2.16. The molecule has 1 heterocycles. The van der Waals surface area contributed by atoms with E-state index in [1.165, 1.54) is 7.11 Å². The van der Waals surface area contributed by atoms with Crippen molar-refractivity contribution < 1.29 is 9.94 Å². The number of benzene rings is 2. The van der Waals surface area contributed by atoms with Crippen LogP contribution >= 0.6 is 0 Å². The number of aromatic nitrogens is 1. The normalized spacial score (nSPS) is 11.2. The molecule has 5 heteroatoms. The van der Waals surface area contributed by atoms with E-state index in [0.717, 1.165) is 22.7 Å². The van der Waals surface area contributed by atoms with Crippen molar-refractivity contribution in [3.8, 4) is 5.75 Å². The Labute approximate surface area is 133 Å². The first kappa shape index (κ1) is 14.8. The molecule has 1 aromatic heterocycles. The van der Waals surface area contributed by atoms with E-state index in [1.807, 2.05) is 54.6 Å². The molecular formula is C18H16N2O3. The van der Waals surface area contributed by atoms with Gasteiger partial charge in [-0.3, -0.25) is 4.79 Å². The zero-order chi connectivity index (χ0) is 16.2. The molecule has 0 saturated carbocycles. The standard InChI is InChI=1S/C18H16N2O3/c1-23-17-14-9-5-6-10-16(14)20(18(21)15(17)11-19-22)12-13-7-3-2-4-8-13/h2-11,22H,12H2,1H3. The van der Waals surface area contributed by atoms with Crippen LogP contribution in [0.25, 0.3) is 10.9 Å². The number of para-hydroxylation sites is 1. The number of methoxy groups -OCH3 is 1. The first-order valence-electron chi connectivity index (χ1n) is 7.17. The molecule has 5 nitrogen and oxygen atoms in total. The maximum absolute atomic E-state index is 12.8. The van der Waals surface area contributed by atoms with Gasteiger partial charge in [-0.1, -0.05) is 47.6 Å². The van der Waals surface area contributed by atoms with Gasteiger partial charge in [0.1, 0.15) is 11.3 Å². The highest BCUT2D eigenvalue weighted by molar-refractivity contribution is 5.95. The second-order valence-corrected chi connectivity index (χ2v) is 5.09. The van der Waals surface area contributed by atoms with Crippen LogP contribution in [0.15, 0.2) is 64.5 Å². The summed E-state index contributed by atoms with van der Waals surface area (Å²) in [5, 5.41) is 12.7. The Kier molecular flexibility index (Phi) is 4.10. The minimum atomic E-state index is -0.262. The molecule has 0 fully saturated rings. The van der Waals surface area contributed by atoms with E-state index in [1.54, 1.807) is 4.57 Å². The van der Waals surface area contributed by atoms with Gasteiger partial charge in [-0.15, -0.1) is 0 Å². The third-order valence-corrected chi connectivity index (χ3v) is 3.73. The van der Waals surface area contributed by atoms with Gasteiger partial charge in [0.05, 0.1) is 25.4 Å². The van der Waals surface area contributed by atoms with Crippen LogP contribution < -0.4 is 10.3 Å². The highest BCUT2D eigenvalue weighted by Crippen LogP contribution is 2.26. The topological polar surface area (TPSA) is 63.8 Å². The first-order chi connectivity index (χ1) is 11.3. The Bertz CT molecular complexity index is 915. The number of hydrogen-bond donors (Lipinski definition) is 1. The van der Waals surface area contributed by atoms with E-state index in [4.69, 9.17) is 9.94 Å². The molecule has 3 aromatic rings. The molecule has 23 heavy (non-hydrogen) atoms. The molecule has 0 atom stereocenters. The molecule has 1 N–H and O–H groups in total. The molecule has 0 radical (unpaired) electrons. The lowest BCUT2D eigenvalue weighted by Gasteiger charge is -2.15. The molecular weight excluding hydrogens is 292 g/mol. The van der Waals surface area contributed by atoms with E-state index in [-0.39, 0.29) is 11.1 Å². The summed E-state index contributed by atoms with van der Waals surface area (Å²) in [6, 6.07) is 17.2. The predicted molar refractivity (Wildman–Crippen MR) is 89.7 cm³/mol. The van der Waals surface area contributed by atoms with Gasteiger partial charge in [0.25, 0.3) is 5.56 Å². The monoisotopic (exact) mass is 308 g/mol. The summed E-state index contributed by atoms with van der Waals surface area (Å²) < 4.78 is 7.04. The van der Waals surface area contributed by atoms with Crippen molar-refractivity contribution in [3.05, 3.63) is 76.1 Å². The average molecular weight is 308 g/mol. The van der Waals surface area contributed by atoms with Gasteiger partial charge in [-0.25, -0.2) is 0 Å². The van der Waals surface area contributed by atoms with Crippen LogP contribution in [0.2, 0.25) is 0 Å². The minimum Gasteiger partial charge on any atom is -0.495 e. The number of nitrogens with zero attached hydrogens (tertiary/aromatic N) is 2. The third-order valence-electron chi connectivity index (χ3n) is 3.73. The van der Waals surface area contributed by atoms with Crippen molar-refractivity contribution >= 4 is 17.1 Å². The zero-order valence-electron chi connectivity index (χ0n) is 12.6. The van der Waals surface area contributed by atoms with E-state index < -0.39 is 0 Å². The van der Waals surface area contributed by atoms with Crippen LogP contribution in [0.3, 0.4) is 0 Å². The highest BCUT2D eigenvalue weighted by atomic mass is 16.5. The molecule has 0 aliphatic rings. The molecule has 0 amide bonds. The quantitative estimate of drug-likeness (QED) is 0.458. The minimum absolute atomic E-state index is 0.227. The molecule has 0 saturated heterocycles. The molecule has 0 bridgehead atoms. The summed E-state index contributed by atoms with van der Waals surface area (Å²) in [6.07, 6.45) is 1.12. The second kappa shape index (κ2) is 6.36. The molecule has 3 rings (SSSR count). The van der Waals surface area contributed by atoms with E-state index >= 15 is 0 Å². The predicted octanol–water partition coefficient (Wildman–Crippen LogP) is 2.87. The summed E-state index contributed by atoms with van der Waals surface area (Å²) >= 11 is 0. The SMILES string of the molecule is COc1c(C=NO)c(=O)n(Cc2ccccc2)c2ccccc12. The van der Waals surface area contributed by atoms with Crippen LogP contribution in [-0.4, -0.2) is 23.1 Å². The summed E-state index contributed by atoms with van der Waals surface area (Å²) in [5.74, 6) is 0.410. The fourth-order valence-corrected chi connectivity index (χ4v) is 2.71. The first-order valence-corrected chi connectivity index (χ1v) is 7.17. The lowest BCUT2D eigenvalue weighted by atomic mass is 10.1. The van der Waals surface area contributed by atoms with E-state index in [0.29, 0.717) is 12.3 Å². The molecule has 116 valence electrons. The van der Waals surface area contributed by atoms with Crippen LogP contribution in [0.4, 0.5) is 0 Å². The van der Waals surface area contributed by atoms with Gasteiger partial charge < -0.3 is 14.5 Å². The van der Waals surface area contributed by atoms with Crippen molar-refractivity contribution in [3.63, 3.8) is 0 Å². The van der Waals surface area contributed by atoms with Gasteiger partial charge in [0, 0.05) is 5.39 Å². The third kappa shape index (κ3) is 2.68. The van der Waals surface area contributed by atoms with Crippen LogP contribution in [0.5, 0.6) is 5.75 Å². The van der Waals surface area contributed by atoms with Crippen molar-refractivity contribution in [2.45, 2.75) is 6.54 Å². The maximum Gasteiger partial charge on any atom is 0.264 e. The lowest BCUT2D eigenvalue weighted by Crippen LogP contribution is -2.25. The van der Waals surface area contributed by atoms with E-state index in [9.17, 15) is 4.79 Å². The number of rotatable bonds is 4. The van der Waals surface area contributed by atoms with Gasteiger partial charge in [0.15, 0.2) is 0 Å². The van der Waals surface area contributed by atoms with Crippen molar-refractivity contribution in [2.24, 2.45) is 5.16 Å². The number of oxime groups is 1. The number of hydrogen-bond acceptors (Lipinski definition) is 4. The molecule has 0 unspecified atom stereocenters. The van der Waals surface area contributed by atoms with Gasteiger partial charge in [0.2, 0.25) is 0 Å². The largest absolute Gasteiger partial charge is 0.495 e. The van der Waals surface area contributed by atoms with Crippen molar-refractivity contribution in [2.75, 3.05) is 7.11 Å². The Morgan fingerprint density at radius 1 is 1.13 bits per heavy atom. The molecule has 0 aliphatic heterocycles. The lowest BCUT2D eigenvalue weighted by molar-refractivity contribution is 0.321. The smallest absolute Gasteiger partial charge is 0.264 e. The Morgan fingerprint density at radius 3 is 2.52 bits per heavy atom. The van der Waals surface area contributed by atoms with Gasteiger partial charge in [-0.05, 0) is 17.7 Å². The fourth-order valence-electron chi connectivity index (χ4n) is 2.71. The summed E-state index contributed by atoms with van der Waals surface area (Å²) in [7, 11) is 1.50. The maximum atomic E-state index is 12.8. The molecule has 0 aliphatic carbocycles. The number of fused-ring (bicyclic) bond motifs is 1. The number of ether oxygens (including phenoxy) is 1. The van der Waals surface area contributed by atoms with E-state index in [2.05, 4.69) is 5.16 Å². The Balaban J connectivity index is 2.32. The summed E-state index contributed by atoms with van der Waals surface area (Å²) in [6.45, 7) is 0.427. The zero-order valence-corrected chi connectivity index (χ0v) is 12.6. The Hall–Kier alpha value is -3.08. The molecule has 2 aromatic carbocycles. The number of pyridine rings is 1. The van der Waals surface area contributed by atoms with Crippen LogP contribution in [0.1, 0.15) is 11.1 Å². The Morgan fingerprint density at radius 2 is 1.83 bits per heavy atom. The summed E-state index contributed by atoms with van der Waals surface area (Å²) in [4.78, 5) is 12.8. The van der Waals surface area contributed by atoms with Gasteiger partial charge >= 0.3 is 0 Å². The fraction of sp³-hybridized carbons (Fsp3) is 0.111. The van der Waals surface area contributed by atoms with Crippen molar-refractivity contribution in [1.29, 1.82) is 0 Å². The average Bonchev–Trinajstić information content (AvgIpc) is 2.60. The molecule has 0 spiro atoms. The van der Waals surface area contributed by atoms with Crippen molar-refractivity contribution in [1.82, 2.24) is 4.57 Å².